The predicted octanol–water partition coefficient (Wildman–Crippen LogP) is 3.11. The average Bonchev–Trinajstić information content (AvgIpc) is 2.42. The number of hydrogen-bond donors (Lipinski definition) is 0. The highest BCUT2D eigenvalue weighted by Gasteiger charge is 2.60. The van der Waals surface area contributed by atoms with Gasteiger partial charge in [-0.1, -0.05) is 19.1 Å². The Morgan fingerprint density at radius 3 is 2.30 bits per heavy atom. The van der Waals surface area contributed by atoms with Gasteiger partial charge in [-0.3, -0.25) is 4.79 Å². The molecule has 4 nitrogen and oxygen atoms in total. The number of carbonyl (C=O) groups is 1. The molecule has 1 aliphatic rings. The van der Waals surface area contributed by atoms with Crippen molar-refractivity contribution in [2.24, 2.45) is 5.41 Å². The second-order valence-electron chi connectivity index (χ2n) is 5.98. The van der Waals surface area contributed by atoms with Crippen molar-refractivity contribution in [3.05, 3.63) is 29.8 Å². The molecule has 0 amide bonds. The van der Waals surface area contributed by atoms with E-state index >= 15 is 0 Å². The Balaban J connectivity index is 2.20. The molecule has 0 aliphatic carbocycles. The molecule has 1 saturated heterocycles. The van der Waals surface area contributed by atoms with E-state index in [4.69, 9.17) is 14.2 Å². The molecule has 0 radical (unpaired) electrons. The Labute approximate surface area is 120 Å². The lowest BCUT2D eigenvalue weighted by molar-refractivity contribution is -0.314. The fourth-order valence-electron chi connectivity index (χ4n) is 2.53. The fraction of sp³-hybridized carbons (Fsp3) is 0.562. The lowest BCUT2D eigenvalue weighted by atomic mass is 9.64. The van der Waals surface area contributed by atoms with Crippen molar-refractivity contribution in [1.82, 2.24) is 0 Å². The van der Waals surface area contributed by atoms with Crippen molar-refractivity contribution in [3.63, 3.8) is 0 Å². The molecule has 1 heterocycles. The molecule has 2 atom stereocenters. The zero-order valence-electron chi connectivity index (χ0n) is 12.7. The molecule has 110 valence electrons. The lowest BCUT2D eigenvalue weighted by Crippen LogP contribution is -2.61. The molecule has 2 rings (SSSR count). The quantitative estimate of drug-likeness (QED) is 0.794. The topological polar surface area (TPSA) is 44.8 Å². The van der Waals surface area contributed by atoms with Crippen molar-refractivity contribution in [2.45, 2.75) is 39.4 Å². The van der Waals surface area contributed by atoms with Crippen LogP contribution in [0.1, 0.15) is 39.4 Å². The van der Waals surface area contributed by atoms with E-state index in [0.717, 1.165) is 11.3 Å². The van der Waals surface area contributed by atoms with Gasteiger partial charge in [0.2, 0.25) is 0 Å². The molecule has 2 unspecified atom stereocenters. The Hall–Kier alpha value is -1.55. The lowest BCUT2D eigenvalue weighted by Gasteiger charge is -2.59. The molecule has 1 fully saturated rings. The van der Waals surface area contributed by atoms with Crippen molar-refractivity contribution in [2.75, 3.05) is 13.7 Å². The third kappa shape index (κ3) is 2.40. The summed E-state index contributed by atoms with van der Waals surface area (Å²) in [6.45, 7) is 7.92. The molecule has 1 aromatic carbocycles. The van der Waals surface area contributed by atoms with Crippen LogP contribution in [0.4, 0.5) is 0 Å². The van der Waals surface area contributed by atoms with E-state index in [1.807, 2.05) is 38.1 Å². The summed E-state index contributed by atoms with van der Waals surface area (Å²) in [5.74, 6) is 0.552. The van der Waals surface area contributed by atoms with Gasteiger partial charge in [-0.15, -0.1) is 0 Å². The van der Waals surface area contributed by atoms with E-state index in [1.165, 1.54) is 6.92 Å². The van der Waals surface area contributed by atoms with E-state index in [9.17, 15) is 4.79 Å². The Kier molecular flexibility index (Phi) is 3.78. The normalized spacial score (nSPS) is 27.6. The third-order valence-corrected chi connectivity index (χ3v) is 4.36. The van der Waals surface area contributed by atoms with Crippen LogP contribution in [0, 0.1) is 5.41 Å². The molecule has 0 saturated carbocycles. The van der Waals surface area contributed by atoms with Gasteiger partial charge in [0, 0.05) is 6.92 Å². The van der Waals surface area contributed by atoms with E-state index in [1.54, 1.807) is 7.11 Å². The van der Waals surface area contributed by atoms with Gasteiger partial charge in [0.05, 0.1) is 24.2 Å². The smallest absolute Gasteiger partial charge is 0.302 e. The molecular formula is C16H22O4. The maximum Gasteiger partial charge on any atom is 0.302 e. The van der Waals surface area contributed by atoms with E-state index in [2.05, 4.69) is 6.92 Å². The summed E-state index contributed by atoms with van der Waals surface area (Å²) in [4.78, 5) is 11.1. The molecule has 0 N–H and O–H groups in total. The van der Waals surface area contributed by atoms with Gasteiger partial charge in [-0.2, -0.15) is 0 Å². The highest BCUT2D eigenvalue weighted by Crippen LogP contribution is 2.58. The van der Waals surface area contributed by atoms with Crippen LogP contribution in [0.5, 0.6) is 5.75 Å². The highest BCUT2D eigenvalue weighted by atomic mass is 16.6. The summed E-state index contributed by atoms with van der Waals surface area (Å²) in [7, 11) is 1.64. The number of hydrogen-bond acceptors (Lipinski definition) is 4. The molecule has 4 heteroatoms. The van der Waals surface area contributed by atoms with Gasteiger partial charge in [-0.05, 0) is 31.5 Å². The molecule has 1 aromatic rings. The third-order valence-electron chi connectivity index (χ3n) is 4.36. The van der Waals surface area contributed by atoms with Crippen molar-refractivity contribution < 1.29 is 19.0 Å². The van der Waals surface area contributed by atoms with Crippen molar-refractivity contribution in [1.29, 1.82) is 0 Å². The second-order valence-corrected chi connectivity index (χ2v) is 5.98. The van der Waals surface area contributed by atoms with Crippen LogP contribution >= 0.6 is 0 Å². The van der Waals surface area contributed by atoms with Crippen LogP contribution in [0.2, 0.25) is 0 Å². The van der Waals surface area contributed by atoms with E-state index < -0.39 is 0 Å². The minimum Gasteiger partial charge on any atom is -0.497 e. The Morgan fingerprint density at radius 1 is 1.25 bits per heavy atom. The van der Waals surface area contributed by atoms with E-state index in [-0.39, 0.29) is 23.1 Å². The zero-order valence-corrected chi connectivity index (χ0v) is 12.7. The number of esters is 1. The second kappa shape index (κ2) is 5.09. The largest absolute Gasteiger partial charge is 0.497 e. The first-order valence-electron chi connectivity index (χ1n) is 6.75. The standard InChI is InChI=1S/C16H22O4/c1-11(17)19-10-16(4)14(20-15(16,2)3)12-6-8-13(18-5)9-7-12/h6-9,14H,10H2,1-5H3. The number of rotatable bonds is 4. The Morgan fingerprint density at radius 2 is 1.85 bits per heavy atom. The van der Waals surface area contributed by atoms with E-state index in [0.29, 0.717) is 6.61 Å². The SMILES string of the molecule is COc1ccc(C2OC(C)(C)C2(C)COC(C)=O)cc1. The van der Waals surface area contributed by atoms with Gasteiger partial charge < -0.3 is 14.2 Å². The van der Waals surface area contributed by atoms with Crippen LogP contribution in [-0.4, -0.2) is 25.3 Å². The molecule has 20 heavy (non-hydrogen) atoms. The number of ether oxygens (including phenoxy) is 3. The van der Waals surface area contributed by atoms with Gasteiger partial charge in [0.15, 0.2) is 0 Å². The minimum absolute atomic E-state index is 0.0808. The van der Waals surface area contributed by atoms with Crippen LogP contribution in [0.3, 0.4) is 0 Å². The summed E-state index contributed by atoms with van der Waals surface area (Å²) in [6.07, 6.45) is -0.0808. The summed E-state index contributed by atoms with van der Waals surface area (Å²) < 4.78 is 16.4. The highest BCUT2D eigenvalue weighted by molar-refractivity contribution is 5.66. The van der Waals surface area contributed by atoms with Gasteiger partial charge in [0.1, 0.15) is 12.4 Å². The first-order valence-corrected chi connectivity index (χ1v) is 6.75. The summed E-state index contributed by atoms with van der Waals surface area (Å²) in [6, 6.07) is 7.81. The van der Waals surface area contributed by atoms with Crippen molar-refractivity contribution >= 4 is 5.97 Å². The predicted molar refractivity (Wildman–Crippen MR) is 75.6 cm³/mol. The maximum atomic E-state index is 11.1. The number of benzene rings is 1. The average molecular weight is 278 g/mol. The maximum absolute atomic E-state index is 11.1. The van der Waals surface area contributed by atoms with Crippen molar-refractivity contribution in [3.8, 4) is 5.75 Å². The molecular weight excluding hydrogens is 256 g/mol. The number of methoxy groups -OCH3 is 1. The summed E-state index contributed by atoms with van der Waals surface area (Å²) >= 11 is 0. The molecule has 0 bridgehead atoms. The van der Waals surface area contributed by atoms with Crippen LogP contribution in [-0.2, 0) is 14.3 Å². The van der Waals surface area contributed by atoms with Crippen LogP contribution in [0.15, 0.2) is 24.3 Å². The fourth-order valence-corrected chi connectivity index (χ4v) is 2.53. The minimum atomic E-state index is -0.326. The first kappa shape index (κ1) is 14.9. The first-order chi connectivity index (χ1) is 9.30. The van der Waals surface area contributed by atoms with Gasteiger partial charge in [0.25, 0.3) is 0 Å². The summed E-state index contributed by atoms with van der Waals surface area (Å²) in [5, 5.41) is 0. The van der Waals surface area contributed by atoms with Crippen LogP contribution < -0.4 is 4.74 Å². The molecule has 1 aliphatic heterocycles. The zero-order chi connectivity index (χ0) is 15.0. The summed E-state index contributed by atoms with van der Waals surface area (Å²) in [5.41, 5.74) is 0.500. The number of carbonyl (C=O) groups excluding carboxylic acids is 1. The Bertz CT molecular complexity index is 492. The van der Waals surface area contributed by atoms with Gasteiger partial charge >= 0.3 is 5.97 Å². The monoisotopic (exact) mass is 278 g/mol. The van der Waals surface area contributed by atoms with Gasteiger partial charge in [-0.25, -0.2) is 0 Å². The molecule has 0 spiro atoms. The molecule has 0 aromatic heterocycles. The van der Waals surface area contributed by atoms with Crippen LogP contribution in [0.25, 0.3) is 0 Å².